The van der Waals surface area contributed by atoms with Crippen LogP contribution in [0.25, 0.3) is 21.6 Å². The number of thioether (sulfide) groups is 1. The summed E-state index contributed by atoms with van der Waals surface area (Å²) in [5, 5.41) is 15.1. The third-order valence-corrected chi connectivity index (χ3v) is 7.97. The van der Waals surface area contributed by atoms with Gasteiger partial charge in [0, 0.05) is 23.5 Å². The molecular weight excluding hydrogens is 436 g/mol. The summed E-state index contributed by atoms with van der Waals surface area (Å²) in [6, 6.07) is 0. The van der Waals surface area contributed by atoms with Gasteiger partial charge in [-0.15, -0.1) is 21.5 Å². The SMILES string of the molecule is CCOC(=O)CCCSc1nnc2n3ncnc3c3c4c(sc3n12)COC(C)(CC)C4. The van der Waals surface area contributed by atoms with Gasteiger partial charge in [0.05, 0.1) is 24.2 Å². The number of nitrogens with zero attached hydrogens (tertiary/aromatic N) is 6. The van der Waals surface area contributed by atoms with E-state index in [0.717, 1.165) is 46.0 Å². The van der Waals surface area contributed by atoms with Crippen molar-refractivity contribution >= 4 is 50.7 Å². The lowest BCUT2D eigenvalue weighted by atomic mass is 9.90. The quantitative estimate of drug-likeness (QED) is 0.234. The van der Waals surface area contributed by atoms with Gasteiger partial charge in [-0.25, -0.2) is 9.38 Å². The molecule has 0 spiro atoms. The molecule has 164 valence electrons. The summed E-state index contributed by atoms with van der Waals surface area (Å²) >= 11 is 3.31. The molecule has 0 saturated heterocycles. The molecule has 0 aromatic carbocycles. The molecule has 5 rings (SSSR count). The van der Waals surface area contributed by atoms with Crippen molar-refractivity contribution in [1.29, 1.82) is 0 Å². The number of carbonyl (C=O) groups excluding carboxylic acids is 1. The van der Waals surface area contributed by atoms with Crippen molar-refractivity contribution in [1.82, 2.24) is 29.2 Å². The Morgan fingerprint density at radius 3 is 3.06 bits per heavy atom. The van der Waals surface area contributed by atoms with Crippen LogP contribution in [0.4, 0.5) is 0 Å². The average Bonchev–Trinajstić information content (AvgIpc) is 3.47. The van der Waals surface area contributed by atoms with E-state index in [0.29, 0.717) is 25.4 Å². The predicted octanol–water partition coefficient (Wildman–Crippen LogP) is 3.66. The standard InChI is InChI=1S/C20H24N6O3S2/c1-4-20(3)9-12-13(10-29-20)31-17-15(12)16-21-11-22-26(16)18-23-24-19(25(17)18)30-8-6-7-14(27)28-5-2/h11H,4-10H2,1-3H3. The number of hydrogen-bond donors (Lipinski definition) is 0. The van der Waals surface area contributed by atoms with Gasteiger partial charge in [0.2, 0.25) is 0 Å². The lowest BCUT2D eigenvalue weighted by Crippen LogP contribution is -2.33. The second-order valence-electron chi connectivity index (χ2n) is 7.82. The van der Waals surface area contributed by atoms with Gasteiger partial charge in [0.1, 0.15) is 11.2 Å². The highest BCUT2D eigenvalue weighted by Crippen LogP contribution is 2.42. The van der Waals surface area contributed by atoms with Crippen LogP contribution >= 0.6 is 23.1 Å². The number of aromatic nitrogens is 6. The second-order valence-corrected chi connectivity index (χ2v) is 9.97. The summed E-state index contributed by atoms with van der Waals surface area (Å²) in [4.78, 5) is 18.5. The van der Waals surface area contributed by atoms with Crippen LogP contribution in [0.15, 0.2) is 11.5 Å². The van der Waals surface area contributed by atoms with Crippen LogP contribution in [0.1, 0.15) is 50.5 Å². The second kappa shape index (κ2) is 8.03. The molecule has 5 heterocycles. The van der Waals surface area contributed by atoms with E-state index >= 15 is 0 Å². The molecule has 0 saturated carbocycles. The maximum Gasteiger partial charge on any atom is 0.305 e. The smallest absolute Gasteiger partial charge is 0.305 e. The number of rotatable bonds is 7. The van der Waals surface area contributed by atoms with Gasteiger partial charge in [-0.3, -0.25) is 4.79 Å². The van der Waals surface area contributed by atoms with Gasteiger partial charge in [0.15, 0.2) is 10.8 Å². The molecule has 11 heteroatoms. The van der Waals surface area contributed by atoms with Gasteiger partial charge in [-0.2, -0.15) is 9.61 Å². The van der Waals surface area contributed by atoms with Gasteiger partial charge < -0.3 is 9.47 Å². The van der Waals surface area contributed by atoms with Crippen LogP contribution in [0.2, 0.25) is 0 Å². The summed E-state index contributed by atoms with van der Waals surface area (Å²) in [5.74, 6) is 1.23. The Morgan fingerprint density at radius 2 is 2.26 bits per heavy atom. The number of esters is 1. The van der Waals surface area contributed by atoms with E-state index in [2.05, 4.69) is 38.5 Å². The molecule has 31 heavy (non-hydrogen) atoms. The Hall–Kier alpha value is -2.24. The average molecular weight is 461 g/mol. The molecule has 0 fully saturated rings. The van der Waals surface area contributed by atoms with E-state index in [9.17, 15) is 4.79 Å². The van der Waals surface area contributed by atoms with E-state index in [1.807, 2.05) is 6.92 Å². The first-order valence-electron chi connectivity index (χ1n) is 10.5. The van der Waals surface area contributed by atoms with Crippen LogP contribution < -0.4 is 0 Å². The van der Waals surface area contributed by atoms with Crippen molar-refractivity contribution in [2.75, 3.05) is 12.4 Å². The molecule has 1 aliphatic rings. The molecule has 0 bridgehead atoms. The summed E-state index contributed by atoms with van der Waals surface area (Å²) in [6.07, 6.45) is 4.48. The minimum Gasteiger partial charge on any atom is -0.466 e. The van der Waals surface area contributed by atoms with Crippen LogP contribution in [-0.2, 0) is 27.3 Å². The Labute approximate surface area is 187 Å². The number of carbonyl (C=O) groups is 1. The van der Waals surface area contributed by atoms with Crippen molar-refractivity contribution < 1.29 is 14.3 Å². The number of hydrogen-bond acceptors (Lipinski definition) is 9. The fraction of sp³-hybridized carbons (Fsp3) is 0.550. The largest absolute Gasteiger partial charge is 0.466 e. The van der Waals surface area contributed by atoms with Gasteiger partial charge in [-0.1, -0.05) is 18.7 Å². The van der Waals surface area contributed by atoms with Crippen LogP contribution in [-0.4, -0.2) is 53.1 Å². The van der Waals surface area contributed by atoms with Crippen molar-refractivity contribution in [2.24, 2.45) is 0 Å². The predicted molar refractivity (Wildman–Crippen MR) is 119 cm³/mol. The summed E-state index contributed by atoms with van der Waals surface area (Å²) in [5.41, 5.74) is 1.93. The lowest BCUT2D eigenvalue weighted by molar-refractivity contribution is -0.143. The highest BCUT2D eigenvalue weighted by Gasteiger charge is 2.34. The van der Waals surface area contributed by atoms with Crippen LogP contribution in [0, 0.1) is 0 Å². The molecule has 0 aliphatic carbocycles. The van der Waals surface area contributed by atoms with Crippen LogP contribution in [0.3, 0.4) is 0 Å². The Morgan fingerprint density at radius 1 is 1.39 bits per heavy atom. The molecule has 0 radical (unpaired) electrons. The van der Waals surface area contributed by atoms with E-state index in [-0.39, 0.29) is 11.6 Å². The molecule has 0 amide bonds. The summed E-state index contributed by atoms with van der Waals surface area (Å²) in [7, 11) is 0. The monoisotopic (exact) mass is 460 g/mol. The normalized spacial score (nSPS) is 18.8. The summed E-state index contributed by atoms with van der Waals surface area (Å²) < 4.78 is 15.0. The lowest BCUT2D eigenvalue weighted by Gasteiger charge is -2.32. The van der Waals surface area contributed by atoms with E-state index < -0.39 is 0 Å². The Bertz CT molecular complexity index is 1280. The first kappa shape index (κ1) is 20.7. The molecule has 1 unspecified atom stereocenters. The number of ether oxygens (including phenoxy) is 2. The van der Waals surface area contributed by atoms with E-state index in [1.54, 1.807) is 33.9 Å². The molecule has 9 nitrogen and oxygen atoms in total. The molecule has 1 aliphatic heterocycles. The van der Waals surface area contributed by atoms with Gasteiger partial charge in [0.25, 0.3) is 5.78 Å². The first-order valence-corrected chi connectivity index (χ1v) is 12.3. The third kappa shape index (κ3) is 3.48. The minimum atomic E-state index is -0.176. The molecule has 0 N–H and O–H groups in total. The molecule has 4 aromatic rings. The zero-order valence-corrected chi connectivity index (χ0v) is 19.4. The van der Waals surface area contributed by atoms with E-state index in [1.165, 1.54) is 10.4 Å². The van der Waals surface area contributed by atoms with Gasteiger partial charge in [-0.05, 0) is 32.3 Å². The third-order valence-electron chi connectivity index (χ3n) is 5.76. The highest BCUT2D eigenvalue weighted by molar-refractivity contribution is 7.99. The topological polar surface area (TPSA) is 95.9 Å². The zero-order valence-electron chi connectivity index (χ0n) is 17.8. The summed E-state index contributed by atoms with van der Waals surface area (Å²) in [6.45, 7) is 7.17. The van der Waals surface area contributed by atoms with Crippen molar-refractivity contribution in [3.05, 3.63) is 16.8 Å². The maximum atomic E-state index is 11.6. The highest BCUT2D eigenvalue weighted by atomic mass is 32.2. The fourth-order valence-corrected chi connectivity index (χ4v) is 6.08. The molecular formula is C20H24N6O3S2. The van der Waals surface area contributed by atoms with E-state index in [4.69, 9.17) is 9.47 Å². The van der Waals surface area contributed by atoms with Crippen LogP contribution in [0.5, 0.6) is 0 Å². The fourth-order valence-electron chi connectivity index (χ4n) is 3.92. The Balaban J connectivity index is 1.56. The Kier molecular flexibility index (Phi) is 5.35. The first-order chi connectivity index (χ1) is 15.0. The van der Waals surface area contributed by atoms with Crippen molar-refractivity contribution in [3.63, 3.8) is 0 Å². The van der Waals surface area contributed by atoms with Crippen molar-refractivity contribution in [3.8, 4) is 0 Å². The molecule has 4 aromatic heterocycles. The number of fused-ring (bicyclic) bond motifs is 8. The van der Waals surface area contributed by atoms with Crippen molar-refractivity contribution in [2.45, 2.75) is 63.8 Å². The minimum absolute atomic E-state index is 0.161. The maximum absolute atomic E-state index is 11.6. The van der Waals surface area contributed by atoms with Gasteiger partial charge >= 0.3 is 5.97 Å². The number of thiophene rings is 1. The zero-order chi connectivity index (χ0) is 21.6. The molecule has 1 atom stereocenters.